The standard InChI is InChI=1S/C18H21N3O/c1-22-15-6-4-5-14(13-15)8-9-18-20-16(10-11-19)17-7-2-3-12-21(17)18/h2-7,12-13H,8-11,19H2,1H3. The molecule has 4 heteroatoms. The van der Waals surface area contributed by atoms with Crippen LogP contribution in [-0.4, -0.2) is 23.0 Å². The molecule has 1 aromatic carbocycles. The summed E-state index contributed by atoms with van der Waals surface area (Å²) in [6.07, 6.45) is 4.71. The highest BCUT2D eigenvalue weighted by Gasteiger charge is 2.10. The van der Waals surface area contributed by atoms with Gasteiger partial charge < -0.3 is 14.9 Å². The number of pyridine rings is 1. The summed E-state index contributed by atoms with van der Waals surface area (Å²) in [5, 5.41) is 0. The van der Waals surface area contributed by atoms with Gasteiger partial charge in [-0.3, -0.25) is 0 Å². The molecule has 0 unspecified atom stereocenters. The Balaban J connectivity index is 1.84. The zero-order valence-electron chi connectivity index (χ0n) is 12.8. The Kier molecular flexibility index (Phi) is 4.39. The van der Waals surface area contributed by atoms with E-state index in [-0.39, 0.29) is 0 Å². The lowest BCUT2D eigenvalue weighted by molar-refractivity contribution is 0.414. The van der Waals surface area contributed by atoms with Gasteiger partial charge in [0.2, 0.25) is 0 Å². The smallest absolute Gasteiger partial charge is 0.119 e. The number of nitrogens with two attached hydrogens (primary N) is 1. The van der Waals surface area contributed by atoms with Crippen molar-refractivity contribution in [2.24, 2.45) is 5.73 Å². The quantitative estimate of drug-likeness (QED) is 0.760. The highest BCUT2D eigenvalue weighted by atomic mass is 16.5. The first-order valence-corrected chi connectivity index (χ1v) is 7.59. The number of nitrogens with zero attached hydrogens (tertiary/aromatic N) is 2. The van der Waals surface area contributed by atoms with Crippen LogP contribution in [0.3, 0.4) is 0 Å². The molecule has 0 saturated heterocycles. The molecule has 2 aromatic heterocycles. The van der Waals surface area contributed by atoms with Crippen LogP contribution in [0.5, 0.6) is 5.75 Å². The lowest BCUT2D eigenvalue weighted by Crippen LogP contribution is -2.03. The number of benzene rings is 1. The molecule has 0 radical (unpaired) electrons. The molecule has 0 aliphatic carbocycles. The van der Waals surface area contributed by atoms with Crippen molar-refractivity contribution < 1.29 is 4.74 Å². The van der Waals surface area contributed by atoms with Crippen LogP contribution >= 0.6 is 0 Å². The van der Waals surface area contributed by atoms with Gasteiger partial charge in [-0.2, -0.15) is 0 Å². The van der Waals surface area contributed by atoms with Crippen molar-refractivity contribution in [3.8, 4) is 5.75 Å². The third-order valence-corrected chi connectivity index (χ3v) is 3.85. The Labute approximate surface area is 130 Å². The molecule has 114 valence electrons. The topological polar surface area (TPSA) is 52.5 Å². The molecule has 0 aliphatic heterocycles. The number of hydrogen-bond acceptors (Lipinski definition) is 3. The number of ether oxygens (including phenoxy) is 1. The van der Waals surface area contributed by atoms with Gasteiger partial charge in [-0.15, -0.1) is 0 Å². The Bertz CT molecular complexity index is 764. The maximum Gasteiger partial charge on any atom is 0.119 e. The van der Waals surface area contributed by atoms with Crippen LogP contribution in [-0.2, 0) is 19.3 Å². The van der Waals surface area contributed by atoms with Crippen LogP contribution in [0.1, 0.15) is 17.1 Å². The van der Waals surface area contributed by atoms with Crippen LogP contribution in [0.25, 0.3) is 5.52 Å². The van der Waals surface area contributed by atoms with E-state index in [1.54, 1.807) is 7.11 Å². The second-order valence-electron chi connectivity index (χ2n) is 5.32. The molecule has 0 fully saturated rings. The Morgan fingerprint density at radius 3 is 2.82 bits per heavy atom. The fraction of sp³-hybridized carbons (Fsp3) is 0.278. The maximum absolute atomic E-state index is 5.69. The molecule has 0 aliphatic rings. The number of hydrogen-bond donors (Lipinski definition) is 1. The van der Waals surface area contributed by atoms with Crippen molar-refractivity contribution in [2.45, 2.75) is 19.3 Å². The molecule has 3 aromatic rings. The molecule has 22 heavy (non-hydrogen) atoms. The second-order valence-corrected chi connectivity index (χ2v) is 5.32. The molecule has 0 spiro atoms. The fourth-order valence-electron chi connectivity index (χ4n) is 2.75. The first-order valence-electron chi connectivity index (χ1n) is 7.59. The lowest BCUT2D eigenvalue weighted by atomic mass is 10.1. The molecular formula is C18H21N3O. The molecule has 2 heterocycles. The van der Waals surface area contributed by atoms with E-state index in [1.807, 2.05) is 24.3 Å². The van der Waals surface area contributed by atoms with Gasteiger partial charge in [0.25, 0.3) is 0 Å². The van der Waals surface area contributed by atoms with Crippen molar-refractivity contribution in [3.63, 3.8) is 0 Å². The molecule has 0 bridgehead atoms. The monoisotopic (exact) mass is 295 g/mol. The van der Waals surface area contributed by atoms with Crippen molar-refractivity contribution >= 4 is 5.52 Å². The van der Waals surface area contributed by atoms with E-state index in [0.717, 1.165) is 42.0 Å². The predicted octanol–water partition coefficient (Wildman–Crippen LogP) is 2.63. The van der Waals surface area contributed by atoms with Gasteiger partial charge >= 0.3 is 0 Å². The summed E-state index contributed by atoms with van der Waals surface area (Å²) < 4.78 is 7.45. The molecule has 2 N–H and O–H groups in total. The Hall–Kier alpha value is -2.33. The molecule has 3 rings (SSSR count). The number of methoxy groups -OCH3 is 1. The van der Waals surface area contributed by atoms with Crippen LogP contribution in [0, 0.1) is 0 Å². The van der Waals surface area contributed by atoms with Gasteiger partial charge in [0.1, 0.15) is 11.6 Å². The number of rotatable bonds is 6. The number of aryl methyl sites for hydroxylation is 2. The molecule has 0 saturated carbocycles. The molecule has 4 nitrogen and oxygen atoms in total. The first-order chi connectivity index (χ1) is 10.8. The van der Waals surface area contributed by atoms with Gasteiger partial charge in [0.05, 0.1) is 18.3 Å². The fourth-order valence-corrected chi connectivity index (χ4v) is 2.75. The summed E-state index contributed by atoms with van der Waals surface area (Å²) in [6.45, 7) is 0.622. The average molecular weight is 295 g/mol. The number of aromatic nitrogens is 2. The minimum atomic E-state index is 0.622. The van der Waals surface area contributed by atoms with Crippen LogP contribution in [0.4, 0.5) is 0 Å². The maximum atomic E-state index is 5.69. The van der Waals surface area contributed by atoms with E-state index in [4.69, 9.17) is 15.5 Å². The van der Waals surface area contributed by atoms with Gasteiger partial charge in [-0.05, 0) is 42.8 Å². The minimum Gasteiger partial charge on any atom is -0.497 e. The molecule has 0 amide bonds. The van der Waals surface area contributed by atoms with Gasteiger partial charge in [0.15, 0.2) is 0 Å². The minimum absolute atomic E-state index is 0.622. The summed E-state index contributed by atoms with van der Waals surface area (Å²) >= 11 is 0. The lowest BCUT2D eigenvalue weighted by Gasteiger charge is -2.04. The summed E-state index contributed by atoms with van der Waals surface area (Å²) in [4.78, 5) is 4.79. The van der Waals surface area contributed by atoms with Crippen LogP contribution in [0.15, 0.2) is 48.7 Å². The van der Waals surface area contributed by atoms with E-state index < -0.39 is 0 Å². The third kappa shape index (κ3) is 2.97. The molecule has 0 atom stereocenters. The van der Waals surface area contributed by atoms with Gasteiger partial charge in [-0.25, -0.2) is 4.98 Å². The highest BCUT2D eigenvalue weighted by Crippen LogP contribution is 2.17. The predicted molar refractivity (Wildman–Crippen MR) is 88.4 cm³/mol. The summed E-state index contributed by atoms with van der Waals surface area (Å²) in [7, 11) is 1.69. The van der Waals surface area contributed by atoms with E-state index in [2.05, 4.69) is 28.8 Å². The van der Waals surface area contributed by atoms with Crippen molar-refractivity contribution in [2.75, 3.05) is 13.7 Å². The summed E-state index contributed by atoms with van der Waals surface area (Å²) in [5.41, 5.74) is 9.20. The van der Waals surface area contributed by atoms with Crippen LogP contribution < -0.4 is 10.5 Å². The van der Waals surface area contributed by atoms with E-state index in [0.29, 0.717) is 6.54 Å². The van der Waals surface area contributed by atoms with Gasteiger partial charge in [0, 0.05) is 19.0 Å². The normalized spacial score (nSPS) is 11.0. The van der Waals surface area contributed by atoms with E-state index >= 15 is 0 Å². The summed E-state index contributed by atoms with van der Waals surface area (Å²) in [5.74, 6) is 1.98. The second kappa shape index (κ2) is 6.62. The van der Waals surface area contributed by atoms with Crippen molar-refractivity contribution in [3.05, 3.63) is 65.7 Å². The van der Waals surface area contributed by atoms with Crippen LogP contribution in [0.2, 0.25) is 0 Å². The highest BCUT2D eigenvalue weighted by molar-refractivity contribution is 5.53. The average Bonchev–Trinajstić information content (AvgIpc) is 2.92. The third-order valence-electron chi connectivity index (χ3n) is 3.85. The van der Waals surface area contributed by atoms with Gasteiger partial charge in [-0.1, -0.05) is 18.2 Å². The Morgan fingerprint density at radius 2 is 2.00 bits per heavy atom. The number of imidazole rings is 1. The summed E-state index contributed by atoms with van der Waals surface area (Å²) in [6, 6.07) is 14.4. The zero-order chi connectivity index (χ0) is 15.4. The SMILES string of the molecule is COc1cccc(CCc2nc(CCN)c3ccccn23)c1. The first kappa shape index (κ1) is 14.6. The largest absolute Gasteiger partial charge is 0.497 e. The Morgan fingerprint density at radius 1 is 1.09 bits per heavy atom. The zero-order valence-corrected chi connectivity index (χ0v) is 12.8. The van der Waals surface area contributed by atoms with E-state index in [1.165, 1.54) is 5.56 Å². The number of fused-ring (bicyclic) bond motifs is 1. The molecular weight excluding hydrogens is 274 g/mol. The van der Waals surface area contributed by atoms with E-state index in [9.17, 15) is 0 Å². The van der Waals surface area contributed by atoms with Crippen molar-refractivity contribution in [1.82, 2.24) is 9.38 Å². The van der Waals surface area contributed by atoms with Crippen molar-refractivity contribution in [1.29, 1.82) is 0 Å².